The molecule has 0 bridgehead atoms. The topological polar surface area (TPSA) is 102 Å². The number of hydrogen-bond donors (Lipinski definition) is 2. The average molecular weight is 480 g/mol. The van der Waals surface area contributed by atoms with Gasteiger partial charge in [-0.05, 0) is 55.8 Å². The van der Waals surface area contributed by atoms with Gasteiger partial charge in [-0.25, -0.2) is 14.2 Å². The van der Waals surface area contributed by atoms with Crippen LogP contribution in [0.4, 0.5) is 20.6 Å². The number of benzene rings is 2. The molecular formula is C25H25FN4O5. The van der Waals surface area contributed by atoms with E-state index in [1.54, 1.807) is 35.2 Å². The van der Waals surface area contributed by atoms with Crippen LogP contribution in [-0.4, -0.2) is 49.9 Å². The highest BCUT2D eigenvalue weighted by Gasteiger charge is 2.32. The number of amides is 2. The molecule has 0 unspecified atom stereocenters. The summed E-state index contributed by atoms with van der Waals surface area (Å²) in [4.78, 5) is 29.9. The molecule has 0 saturated carbocycles. The van der Waals surface area contributed by atoms with Crippen molar-refractivity contribution in [2.45, 2.75) is 25.5 Å². The molecule has 1 saturated heterocycles. The van der Waals surface area contributed by atoms with E-state index in [0.29, 0.717) is 60.1 Å². The SMILES string of the molecule is COc1ccc2ccc(F)c(CNCCC[C@@H]3CN(c4ccc5c(c4)NC(=O)CO5)C(=O)O3)c2n1. The van der Waals surface area contributed by atoms with Crippen molar-refractivity contribution in [3.63, 3.8) is 0 Å². The lowest BCUT2D eigenvalue weighted by Gasteiger charge is -2.20. The first-order chi connectivity index (χ1) is 17.0. The summed E-state index contributed by atoms with van der Waals surface area (Å²) in [6.45, 7) is 1.33. The Bertz CT molecular complexity index is 1280. The first kappa shape index (κ1) is 22.9. The molecule has 3 aromatic rings. The van der Waals surface area contributed by atoms with Crippen LogP contribution in [0.25, 0.3) is 10.9 Å². The highest BCUT2D eigenvalue weighted by molar-refractivity contribution is 5.97. The second-order valence-corrected chi connectivity index (χ2v) is 8.40. The number of hydrogen-bond acceptors (Lipinski definition) is 7. The zero-order chi connectivity index (χ0) is 24.4. The average Bonchev–Trinajstić information content (AvgIpc) is 3.24. The van der Waals surface area contributed by atoms with Gasteiger partial charge in [-0.1, -0.05) is 0 Å². The summed E-state index contributed by atoms with van der Waals surface area (Å²) in [6.07, 6.45) is 0.711. The second-order valence-electron chi connectivity index (χ2n) is 8.40. The number of carbonyl (C=O) groups is 2. The predicted molar refractivity (Wildman–Crippen MR) is 127 cm³/mol. The molecule has 2 aliphatic rings. The number of methoxy groups -OCH3 is 1. The Morgan fingerprint density at radius 2 is 2.09 bits per heavy atom. The number of ether oxygens (including phenoxy) is 3. The molecule has 2 amide bonds. The lowest BCUT2D eigenvalue weighted by Crippen LogP contribution is -2.27. The maximum atomic E-state index is 14.5. The summed E-state index contributed by atoms with van der Waals surface area (Å²) in [5.41, 5.74) is 2.23. The van der Waals surface area contributed by atoms with Crippen LogP contribution in [0, 0.1) is 5.82 Å². The monoisotopic (exact) mass is 480 g/mol. The Labute approximate surface area is 201 Å². The zero-order valence-electron chi connectivity index (χ0n) is 19.2. The van der Waals surface area contributed by atoms with Gasteiger partial charge in [-0.15, -0.1) is 0 Å². The van der Waals surface area contributed by atoms with Gasteiger partial charge >= 0.3 is 6.09 Å². The van der Waals surface area contributed by atoms with Crippen molar-refractivity contribution in [3.8, 4) is 11.6 Å². The number of rotatable bonds is 8. The number of fused-ring (bicyclic) bond motifs is 2. The molecular weight excluding hydrogens is 455 g/mol. The van der Waals surface area contributed by atoms with E-state index in [9.17, 15) is 14.0 Å². The molecule has 1 fully saturated rings. The third kappa shape index (κ3) is 4.83. The smallest absolute Gasteiger partial charge is 0.414 e. The Kier molecular flexibility index (Phi) is 6.37. The predicted octanol–water partition coefficient (Wildman–Crippen LogP) is 3.61. The molecule has 5 rings (SSSR count). The van der Waals surface area contributed by atoms with Gasteiger partial charge in [0.1, 0.15) is 17.7 Å². The molecule has 2 aromatic carbocycles. The zero-order valence-corrected chi connectivity index (χ0v) is 19.2. The summed E-state index contributed by atoms with van der Waals surface area (Å²) < 4.78 is 30.5. The summed E-state index contributed by atoms with van der Waals surface area (Å²) >= 11 is 0. The molecule has 35 heavy (non-hydrogen) atoms. The van der Waals surface area contributed by atoms with Gasteiger partial charge in [0.05, 0.1) is 24.9 Å². The molecule has 2 N–H and O–H groups in total. The Hall–Kier alpha value is -3.92. The maximum absolute atomic E-state index is 14.5. The molecule has 0 radical (unpaired) electrons. The number of nitrogens with one attached hydrogen (secondary N) is 2. The Morgan fingerprint density at radius 1 is 1.23 bits per heavy atom. The Balaban J connectivity index is 1.14. The molecule has 2 aliphatic heterocycles. The van der Waals surface area contributed by atoms with Gasteiger partial charge in [0, 0.05) is 29.2 Å². The van der Waals surface area contributed by atoms with Crippen LogP contribution in [0.3, 0.4) is 0 Å². The van der Waals surface area contributed by atoms with E-state index in [1.807, 2.05) is 6.07 Å². The third-order valence-corrected chi connectivity index (χ3v) is 6.06. The fourth-order valence-corrected chi connectivity index (χ4v) is 4.28. The van der Waals surface area contributed by atoms with Crippen molar-refractivity contribution in [1.29, 1.82) is 0 Å². The molecule has 182 valence electrons. The van der Waals surface area contributed by atoms with E-state index in [-0.39, 0.29) is 24.4 Å². The van der Waals surface area contributed by atoms with E-state index in [4.69, 9.17) is 14.2 Å². The minimum Gasteiger partial charge on any atom is -0.482 e. The number of aromatic nitrogens is 1. The fraction of sp³-hybridized carbons (Fsp3) is 0.320. The third-order valence-electron chi connectivity index (χ3n) is 6.06. The normalized spacial score (nSPS) is 17.1. The van der Waals surface area contributed by atoms with Gasteiger partial charge in [0.25, 0.3) is 5.91 Å². The van der Waals surface area contributed by atoms with Crippen molar-refractivity contribution in [3.05, 3.63) is 53.8 Å². The van der Waals surface area contributed by atoms with Crippen LogP contribution in [-0.2, 0) is 16.1 Å². The van der Waals surface area contributed by atoms with Gasteiger partial charge in [0.15, 0.2) is 6.61 Å². The van der Waals surface area contributed by atoms with Crippen molar-refractivity contribution in [2.24, 2.45) is 0 Å². The molecule has 9 nitrogen and oxygen atoms in total. The van der Waals surface area contributed by atoms with E-state index in [1.165, 1.54) is 13.2 Å². The number of halogens is 1. The summed E-state index contributed by atoms with van der Waals surface area (Å²) in [5, 5.41) is 6.85. The highest BCUT2D eigenvalue weighted by Crippen LogP contribution is 2.34. The first-order valence-electron chi connectivity index (χ1n) is 11.4. The Morgan fingerprint density at radius 3 is 2.94 bits per heavy atom. The van der Waals surface area contributed by atoms with Crippen LogP contribution in [0.15, 0.2) is 42.5 Å². The molecule has 3 heterocycles. The van der Waals surface area contributed by atoms with Crippen LogP contribution < -0.4 is 25.0 Å². The van der Waals surface area contributed by atoms with Crippen LogP contribution in [0.1, 0.15) is 18.4 Å². The lowest BCUT2D eigenvalue weighted by molar-refractivity contribution is -0.118. The van der Waals surface area contributed by atoms with Crippen molar-refractivity contribution < 1.29 is 28.2 Å². The minimum atomic E-state index is -0.427. The lowest BCUT2D eigenvalue weighted by atomic mass is 10.1. The van der Waals surface area contributed by atoms with Crippen LogP contribution in [0.2, 0.25) is 0 Å². The quantitative estimate of drug-likeness (QED) is 0.475. The largest absolute Gasteiger partial charge is 0.482 e. The van der Waals surface area contributed by atoms with E-state index < -0.39 is 6.09 Å². The van der Waals surface area contributed by atoms with Crippen molar-refractivity contribution >= 4 is 34.3 Å². The fourth-order valence-electron chi connectivity index (χ4n) is 4.28. The van der Waals surface area contributed by atoms with E-state index in [0.717, 1.165) is 11.8 Å². The highest BCUT2D eigenvalue weighted by atomic mass is 19.1. The maximum Gasteiger partial charge on any atom is 0.414 e. The van der Waals surface area contributed by atoms with Crippen LogP contribution in [0.5, 0.6) is 11.6 Å². The number of cyclic esters (lactones) is 1. The number of pyridine rings is 1. The van der Waals surface area contributed by atoms with Crippen molar-refractivity contribution in [2.75, 3.05) is 37.0 Å². The second kappa shape index (κ2) is 9.75. The molecule has 1 aromatic heterocycles. The molecule has 0 spiro atoms. The van der Waals surface area contributed by atoms with Gasteiger partial charge < -0.3 is 24.8 Å². The van der Waals surface area contributed by atoms with Gasteiger partial charge in [-0.3, -0.25) is 9.69 Å². The summed E-state index contributed by atoms with van der Waals surface area (Å²) in [5.74, 6) is 0.450. The standard InChI is InChI=1S/C25H25FN4O5/c1-33-23-9-5-15-4-7-19(26)18(24(15)29-23)12-27-10-2-3-17-13-30(25(32)35-17)16-6-8-21-20(11-16)28-22(31)14-34-21/h4-9,11,17,27H,2-3,10,12-14H2,1H3,(H,28,31)/t17-/m1/s1. The molecule has 0 aliphatic carbocycles. The minimum absolute atomic E-state index is 0.0218. The van der Waals surface area contributed by atoms with Gasteiger partial charge in [-0.2, -0.15) is 0 Å². The summed E-state index contributed by atoms with van der Waals surface area (Å²) in [6, 6.07) is 11.9. The first-order valence-corrected chi connectivity index (χ1v) is 11.4. The number of nitrogens with zero attached hydrogens (tertiary/aromatic N) is 2. The molecule has 1 atom stereocenters. The van der Waals surface area contributed by atoms with Crippen molar-refractivity contribution in [1.82, 2.24) is 10.3 Å². The summed E-state index contributed by atoms with van der Waals surface area (Å²) in [7, 11) is 1.53. The van der Waals surface area contributed by atoms with Gasteiger partial charge in [0.2, 0.25) is 5.88 Å². The molecule has 10 heteroatoms. The van der Waals surface area contributed by atoms with E-state index in [2.05, 4.69) is 15.6 Å². The number of anilines is 2. The van der Waals surface area contributed by atoms with E-state index >= 15 is 0 Å². The van der Waals surface area contributed by atoms with Crippen LogP contribution >= 0.6 is 0 Å². The number of carbonyl (C=O) groups excluding carboxylic acids is 2.